The van der Waals surface area contributed by atoms with Gasteiger partial charge in [-0.1, -0.05) is 47.5 Å². The summed E-state index contributed by atoms with van der Waals surface area (Å²) in [4.78, 5) is 17.5. The van der Waals surface area contributed by atoms with Gasteiger partial charge in [0.15, 0.2) is 5.76 Å². The second-order valence-electron chi connectivity index (χ2n) is 14.5. The molecule has 10 rings (SSSR count). The zero-order valence-corrected chi connectivity index (χ0v) is 37.7. The number of ether oxygens (including phenoxy) is 4. The summed E-state index contributed by atoms with van der Waals surface area (Å²) in [6, 6.07) is 38.8. The third kappa shape index (κ3) is 10.9. The van der Waals surface area contributed by atoms with Crippen LogP contribution in [0.2, 0.25) is 10.0 Å². The van der Waals surface area contributed by atoms with E-state index in [9.17, 15) is 8.78 Å². The summed E-state index contributed by atoms with van der Waals surface area (Å²) in [5.41, 5.74) is 5.46. The van der Waals surface area contributed by atoms with E-state index in [0.29, 0.717) is 63.5 Å². The molecule has 1 aliphatic heterocycles. The number of benzene rings is 6. The molecule has 0 atom stereocenters. The Hall–Kier alpha value is -6.43. The fourth-order valence-electron chi connectivity index (χ4n) is 6.84. The molecule has 1 saturated heterocycles. The minimum absolute atomic E-state index is 0.205. The first-order valence-electron chi connectivity index (χ1n) is 20.1. The minimum atomic E-state index is -0.472. The van der Waals surface area contributed by atoms with Gasteiger partial charge in [0.1, 0.15) is 66.4 Å². The molecule has 3 aromatic heterocycles. The number of rotatable bonds is 12. The van der Waals surface area contributed by atoms with E-state index in [1.54, 1.807) is 48.5 Å². The van der Waals surface area contributed by atoms with Gasteiger partial charge in [0, 0.05) is 31.3 Å². The highest BCUT2D eigenvalue weighted by Crippen LogP contribution is 2.35. The van der Waals surface area contributed by atoms with E-state index >= 15 is 0 Å². The number of aromatic nitrogens is 4. The van der Waals surface area contributed by atoms with Gasteiger partial charge in [-0.15, -0.1) is 0 Å². The van der Waals surface area contributed by atoms with Gasteiger partial charge in [-0.2, -0.15) is 0 Å². The normalized spacial score (nSPS) is 12.5. The number of hydrogen-bond donors (Lipinski definition) is 2. The summed E-state index contributed by atoms with van der Waals surface area (Å²) in [6.07, 6.45) is 2.55. The summed E-state index contributed by atoms with van der Waals surface area (Å²) < 4.78 is 56.3. The van der Waals surface area contributed by atoms with E-state index in [-0.39, 0.29) is 24.8 Å². The third-order valence-electron chi connectivity index (χ3n) is 9.95. The average Bonchev–Trinajstić information content (AvgIpc) is 4.03. The molecule has 0 spiro atoms. The molecule has 0 aliphatic carbocycles. The van der Waals surface area contributed by atoms with Gasteiger partial charge >= 0.3 is 0 Å². The smallest absolute Gasteiger partial charge is 0.217 e. The van der Waals surface area contributed by atoms with Crippen molar-refractivity contribution in [2.75, 3.05) is 23.8 Å². The van der Waals surface area contributed by atoms with Crippen molar-refractivity contribution in [2.24, 2.45) is 0 Å². The summed E-state index contributed by atoms with van der Waals surface area (Å²) in [6.45, 7) is 1.54. The molecule has 11 nitrogen and oxygen atoms in total. The van der Waals surface area contributed by atoms with Crippen LogP contribution in [0.5, 0.6) is 11.5 Å². The van der Waals surface area contributed by atoms with Crippen molar-refractivity contribution in [3.05, 3.63) is 188 Å². The fourth-order valence-corrected chi connectivity index (χ4v) is 7.80. The zero-order valence-electron chi connectivity index (χ0n) is 34.0. The minimum Gasteiger partial charge on any atom is -0.487 e. The second kappa shape index (κ2) is 20.2. The molecule has 0 saturated carbocycles. The maximum atomic E-state index is 13.4. The number of nitrogens with zero attached hydrogens (tertiary/aromatic N) is 4. The Bertz CT molecular complexity index is 3140. The van der Waals surface area contributed by atoms with E-state index in [1.165, 1.54) is 36.9 Å². The topological polar surface area (TPSA) is 126 Å². The Morgan fingerprint density at radius 2 is 1.15 bits per heavy atom. The van der Waals surface area contributed by atoms with Crippen molar-refractivity contribution in [2.45, 2.75) is 19.5 Å². The van der Waals surface area contributed by atoms with Crippen molar-refractivity contribution < 1.29 is 32.1 Å². The van der Waals surface area contributed by atoms with Crippen LogP contribution < -0.4 is 20.1 Å². The highest BCUT2D eigenvalue weighted by molar-refractivity contribution is 14.1. The molecular weight excluding hydrogens is 988 g/mol. The van der Waals surface area contributed by atoms with Gasteiger partial charge in [0.05, 0.1) is 34.3 Å². The molecule has 0 radical (unpaired) electrons. The molecule has 0 unspecified atom stereocenters. The monoisotopic (exact) mass is 1020 g/mol. The van der Waals surface area contributed by atoms with Crippen LogP contribution in [0.3, 0.4) is 0 Å². The highest BCUT2D eigenvalue weighted by atomic mass is 127. The Labute approximate surface area is 394 Å². The first kappa shape index (κ1) is 43.8. The predicted octanol–water partition coefficient (Wildman–Crippen LogP) is 13.4. The Morgan fingerprint density at radius 1 is 0.600 bits per heavy atom. The lowest BCUT2D eigenvalue weighted by atomic mass is 10.1. The van der Waals surface area contributed by atoms with Crippen LogP contribution in [0.1, 0.15) is 23.2 Å². The van der Waals surface area contributed by atoms with Crippen LogP contribution in [0.4, 0.5) is 31.8 Å². The molecule has 9 aromatic rings. The average molecular weight is 1020 g/mol. The molecule has 4 heterocycles. The van der Waals surface area contributed by atoms with Gasteiger partial charge in [-0.25, -0.2) is 28.7 Å². The molecule has 1 aliphatic rings. The third-order valence-corrected chi connectivity index (χ3v) is 11.2. The number of fused-ring (bicyclic) bond motifs is 2. The number of halogens is 5. The quantitative estimate of drug-likeness (QED) is 0.114. The van der Waals surface area contributed by atoms with Crippen molar-refractivity contribution in [1.82, 2.24) is 19.9 Å². The molecule has 2 N–H and O–H groups in total. The summed E-state index contributed by atoms with van der Waals surface area (Å²) in [5, 5.41) is 9.20. The summed E-state index contributed by atoms with van der Waals surface area (Å²) in [5.74, 6) is 3.06. The largest absolute Gasteiger partial charge is 0.487 e. The summed E-state index contributed by atoms with van der Waals surface area (Å²) in [7, 11) is 0. The molecule has 16 heteroatoms. The SMILES string of the molecule is Fc1cccc(COc2ccc(Nc3ncnc4ccc(-c5ccc(C6OCCO6)o5)cc34)cc2Cl)c1.Fc1cccc(COc2ccc(Nc3ncnc4ccc(I)cc34)cc2Cl)c1. The molecule has 0 bridgehead atoms. The van der Waals surface area contributed by atoms with Gasteiger partial charge in [0.2, 0.25) is 6.29 Å². The number of anilines is 4. The van der Waals surface area contributed by atoms with Crippen molar-refractivity contribution in [3.63, 3.8) is 0 Å². The lowest BCUT2D eigenvalue weighted by molar-refractivity contribution is -0.0585. The van der Waals surface area contributed by atoms with E-state index in [1.807, 2.05) is 60.7 Å². The second-order valence-corrected chi connectivity index (χ2v) is 16.6. The zero-order chi connectivity index (χ0) is 44.7. The van der Waals surface area contributed by atoms with Gasteiger partial charge in [-0.05, 0) is 143 Å². The van der Waals surface area contributed by atoms with Gasteiger partial charge in [0.25, 0.3) is 0 Å². The van der Waals surface area contributed by atoms with Gasteiger partial charge in [-0.3, -0.25) is 0 Å². The molecule has 1 fully saturated rings. The first-order valence-corrected chi connectivity index (χ1v) is 21.9. The maximum Gasteiger partial charge on any atom is 0.217 e. The number of hydrogen-bond acceptors (Lipinski definition) is 11. The Balaban J connectivity index is 0.000000171. The van der Waals surface area contributed by atoms with Crippen LogP contribution in [0, 0.1) is 15.2 Å². The molecule has 65 heavy (non-hydrogen) atoms. The molecule has 6 aromatic carbocycles. The van der Waals surface area contributed by atoms with Crippen molar-refractivity contribution in [1.29, 1.82) is 0 Å². The van der Waals surface area contributed by atoms with Crippen LogP contribution >= 0.6 is 45.8 Å². The van der Waals surface area contributed by atoms with E-state index < -0.39 is 6.29 Å². The van der Waals surface area contributed by atoms with Crippen LogP contribution in [-0.2, 0) is 22.7 Å². The maximum absolute atomic E-state index is 13.4. The van der Waals surface area contributed by atoms with Crippen LogP contribution in [0.25, 0.3) is 33.1 Å². The van der Waals surface area contributed by atoms with Crippen molar-refractivity contribution in [3.8, 4) is 22.8 Å². The van der Waals surface area contributed by atoms with Gasteiger partial charge < -0.3 is 34.0 Å². The highest BCUT2D eigenvalue weighted by Gasteiger charge is 2.22. The van der Waals surface area contributed by atoms with E-state index in [4.69, 9.17) is 46.6 Å². The molecular formula is C49H35Cl2F2IN6O5. The number of furan rings is 1. The standard InChI is InChI=1S/C28H21ClFN3O4.C21H14ClFIN3O/c29-22-14-20(5-7-25(22)36-15-17-2-1-3-19(30)12-17)33-27-21-13-18(4-6-23(21)31-16-32-27)24-8-9-26(37-24)28-34-10-11-35-28;22-18-10-16(5-7-20(18)28-11-13-2-1-3-14(23)8-13)27-21-17-9-15(24)4-6-19(17)25-12-26-21/h1-9,12-14,16,28H,10-11,15H2,(H,31,32,33);1-10,12H,11H2,(H,25,26,27). The lowest BCUT2D eigenvalue weighted by Crippen LogP contribution is -1.99. The number of nitrogens with one attached hydrogen (secondary N) is 2. The lowest BCUT2D eigenvalue weighted by Gasteiger charge is -2.12. The fraction of sp³-hybridized carbons (Fsp3) is 0.102. The first-order chi connectivity index (χ1) is 31.7. The molecule has 0 amide bonds. The Morgan fingerprint density at radius 3 is 1.71 bits per heavy atom. The molecule has 326 valence electrons. The Kier molecular flexibility index (Phi) is 13.6. The van der Waals surface area contributed by atoms with Crippen LogP contribution in [0.15, 0.2) is 151 Å². The van der Waals surface area contributed by atoms with E-state index in [0.717, 1.165) is 47.9 Å². The van der Waals surface area contributed by atoms with Crippen molar-refractivity contribution >= 4 is 90.6 Å². The van der Waals surface area contributed by atoms with Crippen LogP contribution in [-0.4, -0.2) is 33.1 Å². The predicted molar refractivity (Wildman–Crippen MR) is 255 cm³/mol. The van der Waals surface area contributed by atoms with E-state index in [2.05, 4.69) is 53.2 Å². The summed E-state index contributed by atoms with van der Waals surface area (Å²) >= 11 is 15.1.